The quantitative estimate of drug-likeness (QED) is 0.807. The Morgan fingerprint density at radius 2 is 2.07 bits per heavy atom. The summed E-state index contributed by atoms with van der Waals surface area (Å²) < 4.78 is 0. The highest BCUT2D eigenvalue weighted by atomic mass is 32.2. The zero-order valence-electron chi connectivity index (χ0n) is 9.52. The Bertz CT molecular complexity index is 264. The molecule has 15 heavy (non-hydrogen) atoms. The van der Waals surface area contributed by atoms with E-state index in [0.29, 0.717) is 5.25 Å². The first-order chi connectivity index (χ1) is 7.22. The first kappa shape index (κ1) is 12.5. The topological polar surface area (TPSA) is 38.9 Å². The van der Waals surface area contributed by atoms with Crippen LogP contribution in [0, 0.1) is 0 Å². The van der Waals surface area contributed by atoms with Gasteiger partial charge in [0, 0.05) is 29.4 Å². The molecule has 1 rings (SSSR count). The van der Waals surface area contributed by atoms with Crippen molar-refractivity contribution in [2.24, 2.45) is 5.73 Å². The van der Waals surface area contributed by atoms with E-state index >= 15 is 0 Å². The first-order valence-electron chi connectivity index (χ1n) is 5.48. The minimum atomic E-state index is 0.256. The molecule has 2 atom stereocenters. The number of hydrogen-bond donors (Lipinski definition) is 1. The van der Waals surface area contributed by atoms with Gasteiger partial charge in [-0.05, 0) is 30.5 Å². The molecule has 2 unspecified atom stereocenters. The van der Waals surface area contributed by atoms with Crippen molar-refractivity contribution in [2.45, 2.75) is 38.0 Å². The highest BCUT2D eigenvalue weighted by Gasteiger charge is 2.06. The lowest BCUT2D eigenvalue weighted by molar-refractivity contribution is 0.744. The van der Waals surface area contributed by atoms with Crippen LogP contribution < -0.4 is 5.73 Å². The molecule has 0 aliphatic rings. The number of rotatable bonds is 6. The van der Waals surface area contributed by atoms with Gasteiger partial charge < -0.3 is 5.73 Å². The number of thioether (sulfide) groups is 1. The summed E-state index contributed by atoms with van der Waals surface area (Å²) in [6, 6.07) is 4.33. The maximum atomic E-state index is 6.07. The summed E-state index contributed by atoms with van der Waals surface area (Å²) in [5.41, 5.74) is 7.35. The van der Waals surface area contributed by atoms with Crippen molar-refractivity contribution in [3.05, 3.63) is 30.1 Å². The fourth-order valence-electron chi connectivity index (χ4n) is 1.29. The van der Waals surface area contributed by atoms with E-state index in [1.807, 2.05) is 36.3 Å². The largest absolute Gasteiger partial charge is 0.327 e. The van der Waals surface area contributed by atoms with Gasteiger partial charge in [0.1, 0.15) is 0 Å². The molecule has 84 valence electrons. The lowest BCUT2D eigenvalue weighted by Gasteiger charge is -2.14. The molecule has 0 radical (unpaired) electrons. The number of nitrogens with two attached hydrogens (primary N) is 1. The lowest BCUT2D eigenvalue weighted by atomic mass is 10.1. The van der Waals surface area contributed by atoms with Crippen molar-refractivity contribution in [1.29, 1.82) is 0 Å². The Morgan fingerprint density at radius 3 is 2.67 bits per heavy atom. The molecule has 0 bridgehead atoms. The van der Waals surface area contributed by atoms with E-state index in [9.17, 15) is 0 Å². The van der Waals surface area contributed by atoms with Gasteiger partial charge in [0.05, 0.1) is 0 Å². The molecule has 1 heterocycles. The minimum absolute atomic E-state index is 0.256. The summed E-state index contributed by atoms with van der Waals surface area (Å²) in [6.07, 6.45) is 5.81. The van der Waals surface area contributed by atoms with E-state index in [2.05, 4.69) is 18.8 Å². The molecule has 0 fully saturated rings. The van der Waals surface area contributed by atoms with Gasteiger partial charge >= 0.3 is 0 Å². The average molecular weight is 224 g/mol. The van der Waals surface area contributed by atoms with Crippen LogP contribution in [0.1, 0.15) is 25.8 Å². The fourth-order valence-corrected chi connectivity index (χ4v) is 2.22. The van der Waals surface area contributed by atoms with Crippen LogP contribution in [0.2, 0.25) is 0 Å². The normalized spacial score (nSPS) is 14.9. The molecule has 0 saturated heterocycles. The summed E-state index contributed by atoms with van der Waals surface area (Å²) in [5.74, 6) is 1.04. The highest BCUT2D eigenvalue weighted by molar-refractivity contribution is 7.99. The van der Waals surface area contributed by atoms with Gasteiger partial charge in [0.25, 0.3) is 0 Å². The van der Waals surface area contributed by atoms with Gasteiger partial charge in [-0.2, -0.15) is 11.8 Å². The van der Waals surface area contributed by atoms with E-state index in [1.165, 1.54) is 12.0 Å². The molecule has 0 aromatic carbocycles. The predicted molar refractivity (Wildman–Crippen MR) is 68.1 cm³/mol. The Hall–Kier alpha value is -0.540. The van der Waals surface area contributed by atoms with Crippen molar-refractivity contribution in [3.8, 4) is 0 Å². The molecule has 0 aliphatic heterocycles. The summed E-state index contributed by atoms with van der Waals surface area (Å²) in [5, 5.41) is 0.716. The Kier molecular flexibility index (Phi) is 5.73. The number of nitrogens with zero attached hydrogens (tertiary/aromatic N) is 1. The average Bonchev–Trinajstić information content (AvgIpc) is 2.27. The molecule has 0 spiro atoms. The van der Waals surface area contributed by atoms with E-state index in [4.69, 9.17) is 5.73 Å². The van der Waals surface area contributed by atoms with Crippen molar-refractivity contribution < 1.29 is 0 Å². The van der Waals surface area contributed by atoms with Crippen LogP contribution in [0.4, 0.5) is 0 Å². The third-order valence-corrected chi connectivity index (χ3v) is 3.94. The van der Waals surface area contributed by atoms with E-state index in [-0.39, 0.29) is 6.04 Å². The van der Waals surface area contributed by atoms with Crippen molar-refractivity contribution in [2.75, 3.05) is 5.75 Å². The van der Waals surface area contributed by atoms with Crippen LogP contribution >= 0.6 is 11.8 Å². The zero-order valence-corrected chi connectivity index (χ0v) is 10.3. The molecular weight excluding hydrogens is 204 g/mol. The van der Waals surface area contributed by atoms with Gasteiger partial charge in [-0.3, -0.25) is 4.98 Å². The van der Waals surface area contributed by atoms with Crippen LogP contribution in [0.5, 0.6) is 0 Å². The monoisotopic (exact) mass is 224 g/mol. The molecule has 0 aliphatic carbocycles. The van der Waals surface area contributed by atoms with Gasteiger partial charge in [0.15, 0.2) is 0 Å². The van der Waals surface area contributed by atoms with Crippen LogP contribution in [0.15, 0.2) is 24.5 Å². The van der Waals surface area contributed by atoms with E-state index < -0.39 is 0 Å². The molecular formula is C12H20N2S. The van der Waals surface area contributed by atoms with Crippen molar-refractivity contribution >= 4 is 11.8 Å². The van der Waals surface area contributed by atoms with Gasteiger partial charge in [-0.15, -0.1) is 0 Å². The van der Waals surface area contributed by atoms with Gasteiger partial charge in [-0.25, -0.2) is 0 Å². The second-order valence-electron chi connectivity index (χ2n) is 3.87. The molecule has 2 N–H and O–H groups in total. The minimum Gasteiger partial charge on any atom is -0.327 e. The summed E-state index contributed by atoms with van der Waals surface area (Å²) >= 11 is 1.96. The van der Waals surface area contributed by atoms with Crippen LogP contribution in [0.3, 0.4) is 0 Å². The SMILES string of the molecule is CCC(C)SCC(N)Cc1ccncc1. The predicted octanol–water partition coefficient (Wildman–Crippen LogP) is 2.48. The Morgan fingerprint density at radius 1 is 1.40 bits per heavy atom. The maximum absolute atomic E-state index is 6.07. The smallest absolute Gasteiger partial charge is 0.0270 e. The van der Waals surface area contributed by atoms with Crippen LogP contribution in [0.25, 0.3) is 0 Å². The van der Waals surface area contributed by atoms with Gasteiger partial charge in [0.2, 0.25) is 0 Å². The molecule has 1 aromatic heterocycles. The van der Waals surface area contributed by atoms with Crippen molar-refractivity contribution in [1.82, 2.24) is 4.98 Å². The zero-order chi connectivity index (χ0) is 11.1. The second kappa shape index (κ2) is 6.85. The Balaban J connectivity index is 2.27. The summed E-state index contributed by atoms with van der Waals surface area (Å²) in [4.78, 5) is 3.99. The third-order valence-electron chi connectivity index (χ3n) is 2.42. The molecule has 2 nitrogen and oxygen atoms in total. The number of aromatic nitrogens is 1. The second-order valence-corrected chi connectivity index (χ2v) is 5.34. The van der Waals surface area contributed by atoms with Crippen LogP contribution in [-0.2, 0) is 6.42 Å². The molecule has 3 heteroatoms. The standard InChI is InChI=1S/C12H20N2S/c1-3-10(2)15-9-12(13)8-11-4-6-14-7-5-11/h4-7,10,12H,3,8-9,13H2,1-2H3. The Labute approximate surface area is 96.7 Å². The first-order valence-corrected chi connectivity index (χ1v) is 6.53. The molecule has 0 saturated carbocycles. The number of pyridine rings is 1. The maximum Gasteiger partial charge on any atom is 0.0270 e. The van der Waals surface area contributed by atoms with E-state index in [1.54, 1.807) is 0 Å². The highest BCUT2D eigenvalue weighted by Crippen LogP contribution is 2.15. The lowest BCUT2D eigenvalue weighted by Crippen LogP contribution is -2.26. The summed E-state index contributed by atoms with van der Waals surface area (Å²) in [7, 11) is 0. The summed E-state index contributed by atoms with van der Waals surface area (Å²) in [6.45, 7) is 4.47. The van der Waals surface area contributed by atoms with Crippen LogP contribution in [-0.4, -0.2) is 22.0 Å². The fraction of sp³-hybridized carbons (Fsp3) is 0.583. The molecule has 1 aromatic rings. The molecule has 0 amide bonds. The third kappa shape index (κ3) is 5.19. The number of hydrogen-bond acceptors (Lipinski definition) is 3. The van der Waals surface area contributed by atoms with Crippen molar-refractivity contribution in [3.63, 3.8) is 0 Å². The van der Waals surface area contributed by atoms with E-state index in [0.717, 1.165) is 12.2 Å². The van der Waals surface area contributed by atoms with Gasteiger partial charge in [-0.1, -0.05) is 13.8 Å².